The van der Waals surface area contributed by atoms with Gasteiger partial charge in [-0.15, -0.1) is 0 Å². The third-order valence-corrected chi connectivity index (χ3v) is 8.71. The summed E-state index contributed by atoms with van der Waals surface area (Å²) in [5.74, 6) is -30.8. The molecule has 5 aromatic rings. The fourth-order valence-electron chi connectivity index (χ4n) is 5.83. The van der Waals surface area contributed by atoms with Crippen molar-refractivity contribution in [1.29, 1.82) is 21.0 Å². The molecule has 0 fully saturated rings. The Balaban J connectivity index is 1.37. The zero-order chi connectivity index (χ0) is 44.6. The van der Waals surface area contributed by atoms with E-state index in [9.17, 15) is 68.5 Å². The standard InChI is InChI=1S/C37H3F12N13/c38-16-10(5-51)17(39)19(41)15(18(16)40)9(4-50)33-54-13-2-1-8(3-14(13)55-33)32-60-36(11(6-52)34-56-28-24(46)20(42)21(43)25(47)29(28)57-34)62-37(61-32)12(7-53)35-58-30-26(48)22(44)23(45)27(49)31(30)59-35/h1-3H/b33-9+. The maximum atomic E-state index is 14.9. The largest absolute Gasteiger partial charge is 0.226 e. The van der Waals surface area contributed by atoms with Crippen molar-refractivity contribution in [3.63, 3.8) is 0 Å². The van der Waals surface area contributed by atoms with Crippen LogP contribution in [0.3, 0.4) is 0 Å². The molecule has 0 saturated heterocycles. The first kappa shape index (κ1) is 39.8. The molecule has 0 unspecified atom stereocenters. The minimum Gasteiger partial charge on any atom is -0.226 e. The SMILES string of the molecule is N#CC(=C1N=c2c(F)c(F)c(F)c(F)c2=N1)c1nc(C(C#N)=C2N=c3c(F)c(F)c(F)c(F)c3=N2)nc(-c2ccc3c(c2)=N/C(=C(\C#N)c2c(F)c(F)c(C#N)c(F)c2F)N=3)n1. The lowest BCUT2D eigenvalue weighted by molar-refractivity contribution is 0.399. The lowest BCUT2D eigenvalue weighted by atomic mass is 10.0. The van der Waals surface area contributed by atoms with Gasteiger partial charge in [-0.25, -0.2) is 97.6 Å². The van der Waals surface area contributed by atoms with Crippen LogP contribution in [0.25, 0.3) is 28.1 Å². The summed E-state index contributed by atoms with van der Waals surface area (Å²) in [4.78, 5) is 34.3. The highest BCUT2D eigenvalue weighted by Crippen LogP contribution is 2.32. The summed E-state index contributed by atoms with van der Waals surface area (Å²) in [7, 11) is 0. The maximum Gasteiger partial charge on any atom is 0.199 e. The minimum atomic E-state index is -2.28. The van der Waals surface area contributed by atoms with Crippen LogP contribution >= 0.6 is 0 Å². The molecule has 0 atom stereocenters. The Labute approximate surface area is 331 Å². The molecule has 0 N–H and O–H groups in total. The van der Waals surface area contributed by atoms with Gasteiger partial charge < -0.3 is 0 Å². The number of hydrogen-bond donors (Lipinski definition) is 0. The predicted molar refractivity (Wildman–Crippen MR) is 173 cm³/mol. The van der Waals surface area contributed by atoms with E-state index in [1.165, 1.54) is 18.2 Å². The Morgan fingerprint density at radius 3 is 1.18 bits per heavy atom. The smallest absolute Gasteiger partial charge is 0.199 e. The van der Waals surface area contributed by atoms with Gasteiger partial charge in [0, 0.05) is 5.56 Å². The highest BCUT2D eigenvalue weighted by molar-refractivity contribution is 5.81. The third kappa shape index (κ3) is 5.83. The van der Waals surface area contributed by atoms with Crippen molar-refractivity contribution < 1.29 is 52.7 Å². The van der Waals surface area contributed by atoms with E-state index in [2.05, 4.69) is 44.9 Å². The van der Waals surface area contributed by atoms with E-state index in [0.29, 0.717) is 0 Å². The van der Waals surface area contributed by atoms with Gasteiger partial charge in [-0.3, -0.25) is 0 Å². The summed E-state index contributed by atoms with van der Waals surface area (Å²) in [5, 5.41) is 33.8. The predicted octanol–water partition coefficient (Wildman–Crippen LogP) is 3.52. The fourth-order valence-corrected chi connectivity index (χ4v) is 5.83. The van der Waals surface area contributed by atoms with Crippen molar-refractivity contribution in [1.82, 2.24) is 15.0 Å². The zero-order valence-corrected chi connectivity index (χ0v) is 29.1. The van der Waals surface area contributed by atoms with Crippen molar-refractivity contribution in [2.24, 2.45) is 30.0 Å². The molecular formula is C37H3F12N13. The van der Waals surface area contributed by atoms with Gasteiger partial charge in [-0.2, -0.15) is 21.0 Å². The number of benzene rings is 4. The van der Waals surface area contributed by atoms with Crippen molar-refractivity contribution in [3.8, 4) is 35.7 Å². The Hall–Kier alpha value is -8.97. The van der Waals surface area contributed by atoms with Gasteiger partial charge in [-0.1, -0.05) is 0 Å². The van der Waals surface area contributed by atoms with E-state index < -0.39 is 154 Å². The van der Waals surface area contributed by atoms with Crippen LogP contribution in [0.1, 0.15) is 22.8 Å². The number of hydrogen-bond acceptors (Lipinski definition) is 13. The summed E-state index contributed by atoms with van der Waals surface area (Å²) in [5.41, 5.74) is -6.43. The zero-order valence-electron chi connectivity index (χ0n) is 29.1. The lowest BCUT2D eigenvalue weighted by Crippen LogP contribution is -2.32. The lowest BCUT2D eigenvalue weighted by Gasteiger charge is -2.08. The second kappa shape index (κ2) is 14.4. The topological polar surface area (TPSA) is 208 Å². The average Bonchev–Trinajstić information content (AvgIpc) is 4.03. The molecule has 0 spiro atoms. The quantitative estimate of drug-likeness (QED) is 0.114. The van der Waals surface area contributed by atoms with Crippen molar-refractivity contribution >= 4 is 16.7 Å². The van der Waals surface area contributed by atoms with Crippen LogP contribution in [0.2, 0.25) is 0 Å². The van der Waals surface area contributed by atoms with Gasteiger partial charge in [0.1, 0.15) is 68.0 Å². The van der Waals surface area contributed by atoms with Gasteiger partial charge in [0.25, 0.3) is 0 Å². The molecule has 8 rings (SSSR count). The molecule has 0 radical (unpaired) electrons. The second-order valence-corrected chi connectivity index (χ2v) is 12.1. The van der Waals surface area contributed by atoms with Crippen LogP contribution in [0, 0.1) is 115 Å². The van der Waals surface area contributed by atoms with E-state index in [0.717, 1.165) is 24.3 Å². The molecule has 3 aliphatic rings. The number of nitriles is 4. The monoisotopic (exact) mass is 857 g/mol. The fraction of sp³-hybridized carbons (Fsp3) is 0. The van der Waals surface area contributed by atoms with E-state index in [4.69, 9.17) is 5.26 Å². The van der Waals surface area contributed by atoms with Crippen LogP contribution in [-0.2, 0) is 0 Å². The van der Waals surface area contributed by atoms with E-state index >= 15 is 0 Å². The van der Waals surface area contributed by atoms with Crippen molar-refractivity contribution in [3.05, 3.63) is 160 Å². The number of fused-ring (bicyclic) bond motifs is 3. The normalized spacial score (nSPS) is 13.7. The highest BCUT2D eigenvalue weighted by Gasteiger charge is 2.31. The van der Waals surface area contributed by atoms with Crippen molar-refractivity contribution in [2.45, 2.75) is 0 Å². The number of aromatic nitrogens is 3. The molecule has 3 aliphatic heterocycles. The molecule has 1 aromatic heterocycles. The van der Waals surface area contributed by atoms with Gasteiger partial charge in [0.15, 0.2) is 105 Å². The van der Waals surface area contributed by atoms with Crippen molar-refractivity contribution in [2.75, 3.05) is 0 Å². The first-order chi connectivity index (χ1) is 29.5. The molecule has 0 bridgehead atoms. The van der Waals surface area contributed by atoms with E-state index in [-0.39, 0.29) is 16.3 Å². The molecular weight excluding hydrogens is 854 g/mol. The average molecular weight is 857 g/mol. The molecule has 4 aromatic carbocycles. The summed E-state index contributed by atoms with van der Waals surface area (Å²) in [6, 6.07) is 8.61. The summed E-state index contributed by atoms with van der Waals surface area (Å²) < 4.78 is 174. The van der Waals surface area contributed by atoms with Gasteiger partial charge >= 0.3 is 0 Å². The van der Waals surface area contributed by atoms with Crippen LogP contribution in [0.15, 0.2) is 65.6 Å². The number of rotatable bonds is 4. The second-order valence-electron chi connectivity index (χ2n) is 12.1. The summed E-state index contributed by atoms with van der Waals surface area (Å²) in [6.45, 7) is 0. The van der Waals surface area contributed by atoms with E-state index in [1.54, 1.807) is 0 Å². The Kier molecular flexibility index (Phi) is 9.25. The van der Waals surface area contributed by atoms with E-state index in [1.807, 2.05) is 0 Å². The van der Waals surface area contributed by atoms with Gasteiger partial charge in [0.05, 0.1) is 16.3 Å². The first-order valence-corrected chi connectivity index (χ1v) is 16.2. The number of nitrogens with zero attached hydrogens (tertiary/aromatic N) is 13. The van der Waals surface area contributed by atoms with Gasteiger partial charge in [-0.05, 0) is 18.2 Å². The molecule has 0 aliphatic carbocycles. The van der Waals surface area contributed by atoms with Crippen LogP contribution in [-0.4, -0.2) is 15.0 Å². The van der Waals surface area contributed by atoms with Crippen LogP contribution in [0.4, 0.5) is 52.7 Å². The first-order valence-electron chi connectivity index (χ1n) is 16.2. The van der Waals surface area contributed by atoms with Crippen LogP contribution < -0.4 is 32.1 Å². The summed E-state index contributed by atoms with van der Waals surface area (Å²) >= 11 is 0. The molecule has 62 heavy (non-hydrogen) atoms. The molecule has 0 saturated carbocycles. The highest BCUT2D eigenvalue weighted by atomic mass is 19.2. The number of halogens is 12. The molecule has 13 nitrogen and oxygen atoms in total. The van der Waals surface area contributed by atoms with Crippen LogP contribution in [0.5, 0.6) is 0 Å². The molecule has 300 valence electrons. The van der Waals surface area contributed by atoms with Gasteiger partial charge in [0.2, 0.25) is 0 Å². The minimum absolute atomic E-state index is 0.171. The Morgan fingerprint density at radius 2 is 0.790 bits per heavy atom. The third-order valence-electron chi connectivity index (χ3n) is 8.71. The Bertz CT molecular complexity index is 3450. The maximum absolute atomic E-state index is 14.9. The molecule has 0 amide bonds. The summed E-state index contributed by atoms with van der Waals surface area (Å²) in [6.07, 6.45) is 0. The molecule has 25 heteroatoms. The Morgan fingerprint density at radius 1 is 0.403 bits per heavy atom. The number of allylic oxidation sites excluding steroid dienone is 3. The molecule has 4 heterocycles.